The van der Waals surface area contributed by atoms with Crippen LogP contribution in [-0.2, 0) is 12.8 Å². The van der Waals surface area contributed by atoms with E-state index >= 15 is 0 Å². The van der Waals surface area contributed by atoms with Gasteiger partial charge in [-0.25, -0.2) is 9.97 Å². The number of carbonyl (C=O) groups excluding carboxylic acids is 1. The molecule has 0 aromatic carbocycles. The van der Waals surface area contributed by atoms with Gasteiger partial charge >= 0.3 is 0 Å². The van der Waals surface area contributed by atoms with E-state index in [1.165, 1.54) is 16.9 Å². The Morgan fingerprint density at radius 3 is 2.84 bits per heavy atom. The molecule has 160 valence electrons. The van der Waals surface area contributed by atoms with E-state index in [9.17, 15) is 4.79 Å². The van der Waals surface area contributed by atoms with Crippen molar-refractivity contribution in [2.24, 2.45) is 0 Å². The molecule has 0 spiro atoms. The molecule has 0 fully saturated rings. The third kappa shape index (κ3) is 4.91. The Labute approximate surface area is 190 Å². The van der Waals surface area contributed by atoms with Crippen LogP contribution in [0, 0.1) is 6.92 Å². The van der Waals surface area contributed by atoms with Gasteiger partial charge in [-0.2, -0.15) is 11.3 Å². The highest BCUT2D eigenvalue weighted by atomic mass is 32.1. The van der Waals surface area contributed by atoms with E-state index in [2.05, 4.69) is 42.0 Å². The van der Waals surface area contributed by atoms with Crippen molar-refractivity contribution in [3.05, 3.63) is 69.2 Å². The molecule has 0 aliphatic rings. The van der Waals surface area contributed by atoms with Crippen molar-refractivity contribution in [3.63, 3.8) is 0 Å². The number of hydrogen-bond donors (Lipinski definition) is 1. The fourth-order valence-electron chi connectivity index (χ4n) is 3.60. The highest BCUT2D eigenvalue weighted by molar-refractivity contribution is 7.20. The minimum Gasteiger partial charge on any atom is -0.359 e. The number of nitrogens with one attached hydrogen (secondary N) is 1. The SMILES string of the molecule is Cc1c(C(=O)NC(C)Cc2ccsc2)sc2ncnc(N(C)CCc3ccccn3)c12. The molecule has 4 rings (SSSR count). The monoisotopic (exact) mass is 451 g/mol. The lowest BCUT2D eigenvalue weighted by Crippen LogP contribution is -2.33. The molecule has 0 saturated heterocycles. The molecule has 1 N–H and O–H groups in total. The number of rotatable bonds is 8. The van der Waals surface area contributed by atoms with Crippen LogP contribution in [0.2, 0.25) is 0 Å². The fraction of sp³-hybridized carbons (Fsp3) is 0.304. The van der Waals surface area contributed by atoms with Gasteiger partial charge in [0.05, 0.1) is 10.3 Å². The van der Waals surface area contributed by atoms with Crippen LogP contribution in [0.1, 0.15) is 33.4 Å². The predicted molar refractivity (Wildman–Crippen MR) is 128 cm³/mol. The minimum atomic E-state index is -0.0506. The molecule has 0 aliphatic carbocycles. The summed E-state index contributed by atoms with van der Waals surface area (Å²) in [5.74, 6) is 0.797. The normalized spacial score (nSPS) is 12.1. The van der Waals surface area contributed by atoms with Crippen molar-refractivity contribution in [2.75, 3.05) is 18.5 Å². The largest absolute Gasteiger partial charge is 0.359 e. The number of aryl methyl sites for hydroxylation is 1. The first-order valence-corrected chi connectivity index (χ1v) is 12.0. The first kappa shape index (κ1) is 21.4. The van der Waals surface area contributed by atoms with E-state index in [0.29, 0.717) is 4.88 Å². The van der Waals surface area contributed by atoms with Crippen molar-refractivity contribution in [3.8, 4) is 0 Å². The third-order valence-electron chi connectivity index (χ3n) is 5.20. The van der Waals surface area contributed by atoms with Gasteiger partial charge in [0.15, 0.2) is 0 Å². The minimum absolute atomic E-state index is 0.0506. The summed E-state index contributed by atoms with van der Waals surface area (Å²) in [7, 11) is 2.02. The molecular formula is C23H25N5OS2. The second-order valence-electron chi connectivity index (χ2n) is 7.64. The second kappa shape index (κ2) is 9.53. The number of fused-ring (bicyclic) bond motifs is 1. The summed E-state index contributed by atoms with van der Waals surface area (Å²) in [6.07, 6.45) is 5.03. The molecule has 4 aromatic heterocycles. The number of anilines is 1. The van der Waals surface area contributed by atoms with E-state index in [0.717, 1.165) is 46.7 Å². The zero-order chi connectivity index (χ0) is 21.8. The van der Waals surface area contributed by atoms with Gasteiger partial charge in [0.1, 0.15) is 17.0 Å². The Kier molecular flexibility index (Phi) is 6.58. The van der Waals surface area contributed by atoms with Gasteiger partial charge in [0.2, 0.25) is 0 Å². The Bertz CT molecular complexity index is 1160. The number of nitrogens with zero attached hydrogens (tertiary/aromatic N) is 4. The topological polar surface area (TPSA) is 71.0 Å². The maximum absolute atomic E-state index is 13.0. The number of pyridine rings is 1. The molecule has 4 aromatic rings. The van der Waals surface area contributed by atoms with Crippen molar-refractivity contribution < 1.29 is 4.79 Å². The summed E-state index contributed by atoms with van der Waals surface area (Å²) in [6.45, 7) is 4.79. The molecule has 0 radical (unpaired) electrons. The van der Waals surface area contributed by atoms with Crippen LogP contribution in [-0.4, -0.2) is 40.5 Å². The van der Waals surface area contributed by atoms with Crippen LogP contribution in [0.4, 0.5) is 5.82 Å². The molecule has 1 atom stereocenters. The highest BCUT2D eigenvalue weighted by Crippen LogP contribution is 2.34. The maximum Gasteiger partial charge on any atom is 0.261 e. The first-order chi connectivity index (χ1) is 15.0. The number of thiophene rings is 2. The Morgan fingerprint density at radius 2 is 2.10 bits per heavy atom. The molecule has 6 nitrogen and oxygen atoms in total. The average molecular weight is 452 g/mol. The summed E-state index contributed by atoms with van der Waals surface area (Å²) < 4.78 is 0. The molecular weight excluding hydrogens is 426 g/mol. The zero-order valence-electron chi connectivity index (χ0n) is 17.8. The van der Waals surface area contributed by atoms with Gasteiger partial charge in [0.25, 0.3) is 5.91 Å². The fourth-order valence-corrected chi connectivity index (χ4v) is 5.32. The quantitative estimate of drug-likeness (QED) is 0.427. The predicted octanol–water partition coefficient (Wildman–Crippen LogP) is 4.50. The lowest BCUT2D eigenvalue weighted by Gasteiger charge is -2.19. The summed E-state index contributed by atoms with van der Waals surface area (Å²) in [6, 6.07) is 8.10. The van der Waals surface area contributed by atoms with Crippen LogP contribution >= 0.6 is 22.7 Å². The lowest BCUT2D eigenvalue weighted by molar-refractivity contribution is 0.0944. The van der Waals surface area contributed by atoms with Gasteiger partial charge in [-0.3, -0.25) is 9.78 Å². The van der Waals surface area contributed by atoms with Gasteiger partial charge in [0, 0.05) is 37.9 Å². The third-order valence-corrected chi connectivity index (χ3v) is 7.13. The van der Waals surface area contributed by atoms with E-state index in [-0.39, 0.29) is 11.9 Å². The average Bonchev–Trinajstić information content (AvgIpc) is 3.40. The number of amides is 1. The van der Waals surface area contributed by atoms with Crippen LogP contribution < -0.4 is 10.2 Å². The van der Waals surface area contributed by atoms with Crippen LogP contribution in [0.5, 0.6) is 0 Å². The lowest BCUT2D eigenvalue weighted by atomic mass is 10.1. The Balaban J connectivity index is 1.52. The van der Waals surface area contributed by atoms with E-state index in [4.69, 9.17) is 0 Å². The van der Waals surface area contributed by atoms with Gasteiger partial charge in [-0.05, 0) is 60.4 Å². The maximum atomic E-state index is 13.0. The van der Waals surface area contributed by atoms with E-state index < -0.39 is 0 Å². The molecule has 4 heterocycles. The van der Waals surface area contributed by atoms with Gasteiger partial charge in [-0.1, -0.05) is 6.07 Å². The van der Waals surface area contributed by atoms with Gasteiger partial charge < -0.3 is 10.2 Å². The summed E-state index contributed by atoms with van der Waals surface area (Å²) >= 11 is 3.10. The van der Waals surface area contributed by atoms with E-state index in [1.54, 1.807) is 17.7 Å². The molecule has 0 saturated carbocycles. The van der Waals surface area contributed by atoms with Crippen molar-refractivity contribution in [1.82, 2.24) is 20.3 Å². The molecule has 8 heteroatoms. The number of aromatic nitrogens is 3. The van der Waals surface area contributed by atoms with E-state index in [1.807, 2.05) is 45.3 Å². The molecule has 31 heavy (non-hydrogen) atoms. The van der Waals surface area contributed by atoms with Crippen molar-refractivity contribution in [1.29, 1.82) is 0 Å². The molecule has 0 bridgehead atoms. The van der Waals surface area contributed by atoms with Crippen LogP contribution in [0.25, 0.3) is 10.2 Å². The van der Waals surface area contributed by atoms with Crippen LogP contribution in [0.15, 0.2) is 47.5 Å². The summed E-state index contributed by atoms with van der Waals surface area (Å²) in [5.41, 5.74) is 3.22. The second-order valence-corrected chi connectivity index (χ2v) is 9.42. The highest BCUT2D eigenvalue weighted by Gasteiger charge is 2.22. The van der Waals surface area contributed by atoms with Crippen LogP contribution in [0.3, 0.4) is 0 Å². The standard InChI is InChI=1S/C23H25N5OS2/c1-15(12-17-8-11-30-13-17)27-22(29)20-16(2)19-21(25-14-26-23(19)31-20)28(3)10-7-18-6-4-5-9-24-18/h4-6,8-9,11,13-15H,7,10,12H2,1-3H3,(H,27,29). The molecule has 0 aliphatic heterocycles. The zero-order valence-corrected chi connectivity index (χ0v) is 19.5. The van der Waals surface area contributed by atoms with Gasteiger partial charge in [-0.15, -0.1) is 11.3 Å². The smallest absolute Gasteiger partial charge is 0.261 e. The first-order valence-electron chi connectivity index (χ1n) is 10.2. The molecule has 1 amide bonds. The summed E-state index contributed by atoms with van der Waals surface area (Å²) in [5, 5.41) is 8.27. The number of likely N-dealkylation sites (N-methyl/N-ethyl adjacent to an activating group) is 1. The van der Waals surface area contributed by atoms with Crippen molar-refractivity contribution >= 4 is 44.6 Å². The Hall–Kier alpha value is -2.84. The summed E-state index contributed by atoms with van der Waals surface area (Å²) in [4.78, 5) is 30.0. The number of carbonyl (C=O) groups is 1. The number of hydrogen-bond acceptors (Lipinski definition) is 7. The molecule has 1 unspecified atom stereocenters. The Morgan fingerprint density at radius 1 is 1.23 bits per heavy atom. The van der Waals surface area contributed by atoms with Crippen molar-refractivity contribution in [2.45, 2.75) is 32.7 Å².